The molecule has 0 aliphatic heterocycles. The summed E-state index contributed by atoms with van der Waals surface area (Å²) >= 11 is 12.4. The lowest BCUT2D eigenvalue weighted by atomic mass is 10.1. The van der Waals surface area contributed by atoms with Crippen LogP contribution in [-0.2, 0) is 13.1 Å². The smallest absolute Gasteiger partial charge is 0.330 e. The third-order valence-corrected chi connectivity index (χ3v) is 5.71. The van der Waals surface area contributed by atoms with Crippen LogP contribution in [0.3, 0.4) is 0 Å². The first kappa shape index (κ1) is 24.4. The maximum Gasteiger partial charge on any atom is 0.330 e. The molecular formula is C23H24Cl2N4O4. The van der Waals surface area contributed by atoms with Crippen LogP contribution in [0.2, 0.25) is 10.0 Å². The van der Waals surface area contributed by atoms with Crippen LogP contribution in [0.4, 0.5) is 11.5 Å². The predicted molar refractivity (Wildman–Crippen MR) is 131 cm³/mol. The van der Waals surface area contributed by atoms with Crippen molar-refractivity contribution in [1.29, 1.82) is 0 Å². The van der Waals surface area contributed by atoms with Gasteiger partial charge >= 0.3 is 5.69 Å². The Labute approximate surface area is 200 Å². The van der Waals surface area contributed by atoms with E-state index in [0.717, 1.165) is 6.42 Å². The Balaban J connectivity index is 2.23. The molecule has 0 aliphatic rings. The first-order valence-electron chi connectivity index (χ1n) is 10.3. The van der Waals surface area contributed by atoms with Crippen LogP contribution in [-0.4, -0.2) is 22.6 Å². The Morgan fingerprint density at radius 3 is 2.61 bits per heavy atom. The summed E-state index contributed by atoms with van der Waals surface area (Å²) in [6.07, 6.45) is 1.47. The molecular weight excluding hydrogens is 467 g/mol. The van der Waals surface area contributed by atoms with E-state index >= 15 is 0 Å². The molecule has 0 saturated carbocycles. The standard InChI is InChI=1S/C23H24Cl2N4O4/c1-3-4-11-28-20(26)19(21(30)27-23(28)32)29(13-14-7-5-6-8-18(14)33-2)22(31)16-12-15(24)9-10-17(16)25/h5-10,12H,3-4,11,13,26H2,1-2H3,(H,27,30,32). The third-order valence-electron chi connectivity index (χ3n) is 5.14. The number of ether oxygens (including phenoxy) is 1. The van der Waals surface area contributed by atoms with E-state index in [-0.39, 0.29) is 28.6 Å². The number of unbranched alkanes of at least 4 members (excludes halogenated alkanes) is 1. The molecule has 10 heteroatoms. The Bertz CT molecular complexity index is 1290. The van der Waals surface area contributed by atoms with Crippen molar-refractivity contribution in [3.8, 4) is 5.75 Å². The van der Waals surface area contributed by atoms with Crippen molar-refractivity contribution in [2.45, 2.75) is 32.9 Å². The molecule has 0 spiro atoms. The van der Waals surface area contributed by atoms with Gasteiger partial charge in [0.15, 0.2) is 5.69 Å². The van der Waals surface area contributed by atoms with Gasteiger partial charge in [0.05, 0.1) is 24.2 Å². The first-order valence-corrected chi connectivity index (χ1v) is 11.1. The lowest BCUT2D eigenvalue weighted by molar-refractivity contribution is 0.0984. The summed E-state index contributed by atoms with van der Waals surface area (Å²) in [4.78, 5) is 42.5. The number of nitrogens with two attached hydrogens (primary N) is 1. The number of carbonyl (C=O) groups is 1. The molecule has 2 aromatic carbocycles. The van der Waals surface area contributed by atoms with Crippen LogP contribution < -0.4 is 26.6 Å². The number of halogens is 2. The second kappa shape index (κ2) is 10.6. The van der Waals surface area contributed by atoms with Crippen molar-refractivity contribution in [2.75, 3.05) is 17.7 Å². The molecule has 8 nitrogen and oxygen atoms in total. The number of benzene rings is 2. The molecule has 0 fully saturated rings. The maximum atomic E-state index is 13.7. The van der Waals surface area contributed by atoms with E-state index < -0.39 is 17.2 Å². The number of para-hydroxylation sites is 1. The van der Waals surface area contributed by atoms with Crippen LogP contribution in [0.25, 0.3) is 0 Å². The molecule has 0 bridgehead atoms. The molecule has 0 aliphatic carbocycles. The number of nitrogens with one attached hydrogen (secondary N) is 1. The Morgan fingerprint density at radius 1 is 1.18 bits per heavy atom. The van der Waals surface area contributed by atoms with E-state index in [0.29, 0.717) is 29.3 Å². The predicted octanol–water partition coefficient (Wildman–Crippen LogP) is 4.08. The van der Waals surface area contributed by atoms with Crippen molar-refractivity contribution in [2.24, 2.45) is 0 Å². The lowest BCUT2D eigenvalue weighted by Gasteiger charge is -2.26. The minimum Gasteiger partial charge on any atom is -0.496 e. The number of nitrogen functional groups attached to an aromatic ring is 1. The molecule has 1 heterocycles. The number of aromatic amines is 1. The Morgan fingerprint density at radius 2 is 1.91 bits per heavy atom. The molecule has 33 heavy (non-hydrogen) atoms. The number of rotatable bonds is 8. The molecule has 3 N–H and O–H groups in total. The van der Waals surface area contributed by atoms with Crippen LogP contribution in [0.5, 0.6) is 5.75 Å². The molecule has 0 unspecified atom stereocenters. The molecule has 3 rings (SSSR count). The van der Waals surface area contributed by atoms with Crippen molar-refractivity contribution >= 4 is 40.6 Å². The summed E-state index contributed by atoms with van der Waals surface area (Å²) < 4.78 is 6.66. The molecule has 3 aromatic rings. The highest BCUT2D eigenvalue weighted by Crippen LogP contribution is 2.29. The quantitative estimate of drug-likeness (QED) is 0.494. The van der Waals surface area contributed by atoms with Gasteiger partial charge in [-0.2, -0.15) is 0 Å². The number of aromatic nitrogens is 2. The minimum absolute atomic E-state index is 0.0645. The van der Waals surface area contributed by atoms with Crippen molar-refractivity contribution in [3.63, 3.8) is 0 Å². The van der Waals surface area contributed by atoms with E-state index in [4.69, 9.17) is 33.7 Å². The molecule has 1 aromatic heterocycles. The normalized spacial score (nSPS) is 10.8. The summed E-state index contributed by atoms with van der Waals surface area (Å²) in [6.45, 7) is 2.19. The van der Waals surface area contributed by atoms with Crippen LogP contribution in [0.15, 0.2) is 52.1 Å². The Kier molecular flexibility index (Phi) is 7.84. The van der Waals surface area contributed by atoms with Crippen molar-refractivity contribution in [3.05, 3.63) is 84.5 Å². The van der Waals surface area contributed by atoms with Crippen LogP contribution in [0, 0.1) is 0 Å². The van der Waals surface area contributed by atoms with Gasteiger partial charge in [0.1, 0.15) is 11.6 Å². The van der Waals surface area contributed by atoms with Gasteiger partial charge in [0, 0.05) is 17.1 Å². The summed E-state index contributed by atoms with van der Waals surface area (Å²) in [6, 6.07) is 11.5. The van der Waals surface area contributed by atoms with Gasteiger partial charge in [-0.15, -0.1) is 0 Å². The first-order chi connectivity index (χ1) is 15.8. The average molecular weight is 491 g/mol. The van der Waals surface area contributed by atoms with Crippen molar-refractivity contribution in [1.82, 2.24) is 9.55 Å². The highest BCUT2D eigenvalue weighted by Gasteiger charge is 2.28. The third kappa shape index (κ3) is 5.23. The minimum atomic E-state index is -0.786. The van der Waals surface area contributed by atoms with Gasteiger partial charge in [0.25, 0.3) is 11.5 Å². The van der Waals surface area contributed by atoms with E-state index in [2.05, 4.69) is 4.98 Å². The monoisotopic (exact) mass is 490 g/mol. The number of hydrogen-bond acceptors (Lipinski definition) is 5. The van der Waals surface area contributed by atoms with Crippen LogP contribution >= 0.6 is 23.2 Å². The zero-order valence-corrected chi connectivity index (χ0v) is 19.7. The number of anilines is 2. The SMILES string of the molecule is CCCCn1c(N)c(N(Cc2ccccc2OC)C(=O)c2cc(Cl)ccc2Cl)c(=O)[nH]c1=O. The second-order valence-electron chi connectivity index (χ2n) is 7.33. The van der Waals surface area contributed by atoms with Gasteiger partial charge in [0.2, 0.25) is 0 Å². The highest BCUT2D eigenvalue weighted by molar-refractivity contribution is 6.36. The number of methoxy groups -OCH3 is 1. The number of hydrogen-bond donors (Lipinski definition) is 2. The molecule has 0 radical (unpaired) electrons. The number of amides is 1. The number of nitrogens with zero attached hydrogens (tertiary/aromatic N) is 2. The summed E-state index contributed by atoms with van der Waals surface area (Å²) in [7, 11) is 1.50. The number of H-pyrrole nitrogens is 1. The van der Waals surface area contributed by atoms with E-state index in [1.165, 1.54) is 28.7 Å². The zero-order chi connectivity index (χ0) is 24.1. The van der Waals surface area contributed by atoms with Gasteiger partial charge in [-0.3, -0.25) is 24.0 Å². The average Bonchev–Trinajstić information content (AvgIpc) is 2.79. The second-order valence-corrected chi connectivity index (χ2v) is 8.17. The highest BCUT2D eigenvalue weighted by atomic mass is 35.5. The topological polar surface area (TPSA) is 110 Å². The fourth-order valence-corrected chi connectivity index (χ4v) is 3.81. The van der Waals surface area contributed by atoms with E-state index in [1.54, 1.807) is 30.3 Å². The summed E-state index contributed by atoms with van der Waals surface area (Å²) in [5.74, 6) is -0.202. The fourth-order valence-electron chi connectivity index (χ4n) is 3.44. The van der Waals surface area contributed by atoms with E-state index in [1.807, 2.05) is 6.92 Å². The Hall–Kier alpha value is -3.23. The lowest BCUT2D eigenvalue weighted by Crippen LogP contribution is -2.41. The largest absolute Gasteiger partial charge is 0.496 e. The fraction of sp³-hybridized carbons (Fsp3) is 0.261. The maximum absolute atomic E-state index is 13.7. The van der Waals surface area contributed by atoms with Crippen LogP contribution in [0.1, 0.15) is 35.7 Å². The van der Waals surface area contributed by atoms with E-state index in [9.17, 15) is 14.4 Å². The molecule has 174 valence electrons. The van der Waals surface area contributed by atoms with Gasteiger partial charge in [-0.05, 0) is 30.7 Å². The van der Waals surface area contributed by atoms with Gasteiger partial charge in [-0.25, -0.2) is 4.79 Å². The summed E-state index contributed by atoms with van der Waals surface area (Å²) in [5.41, 5.74) is 5.42. The molecule has 0 atom stereocenters. The number of carbonyl (C=O) groups excluding carboxylic acids is 1. The zero-order valence-electron chi connectivity index (χ0n) is 18.2. The van der Waals surface area contributed by atoms with Gasteiger partial charge in [-0.1, -0.05) is 54.7 Å². The van der Waals surface area contributed by atoms with Gasteiger partial charge < -0.3 is 10.5 Å². The molecule has 0 saturated heterocycles. The molecule has 1 amide bonds. The summed E-state index contributed by atoms with van der Waals surface area (Å²) in [5, 5.41) is 0.457. The van der Waals surface area contributed by atoms with Crippen molar-refractivity contribution < 1.29 is 9.53 Å².